The zero-order chi connectivity index (χ0) is 18.5. The number of Topliss-reactive ketones (excluding diaryl/α,β-unsaturated/α-hetero) is 1. The number of nitrogens with zero attached hydrogens (tertiary/aromatic N) is 2. The lowest BCUT2D eigenvalue weighted by atomic mass is 9.95. The predicted octanol–water partition coefficient (Wildman–Crippen LogP) is 3.55. The van der Waals surface area contributed by atoms with Gasteiger partial charge in [0, 0.05) is 34.7 Å². The van der Waals surface area contributed by atoms with E-state index >= 15 is 0 Å². The van der Waals surface area contributed by atoms with Crippen LogP contribution in [0, 0.1) is 0 Å². The normalized spacial score (nSPS) is 11.9. The monoisotopic (exact) mass is 356 g/mol. The third-order valence-electron chi connectivity index (χ3n) is 5.14. The van der Waals surface area contributed by atoms with Crippen molar-refractivity contribution in [1.29, 1.82) is 0 Å². The lowest BCUT2D eigenvalue weighted by Gasteiger charge is -2.11. The van der Waals surface area contributed by atoms with Gasteiger partial charge in [-0.3, -0.25) is 14.0 Å². The number of aliphatic hydroxyl groups excluding tert-OH is 1. The van der Waals surface area contributed by atoms with Crippen molar-refractivity contribution in [2.24, 2.45) is 0 Å². The van der Waals surface area contributed by atoms with Gasteiger partial charge >= 0.3 is 0 Å². The van der Waals surface area contributed by atoms with E-state index in [0.717, 1.165) is 27.2 Å². The summed E-state index contributed by atoms with van der Waals surface area (Å²) in [5, 5.41) is 12.0. The van der Waals surface area contributed by atoms with Crippen molar-refractivity contribution in [3.8, 4) is 0 Å². The molecule has 0 radical (unpaired) electrons. The third kappa shape index (κ3) is 2.18. The van der Waals surface area contributed by atoms with Gasteiger partial charge in [0.05, 0.1) is 11.0 Å². The van der Waals surface area contributed by atoms with Crippen LogP contribution < -0.4 is 5.56 Å². The molecular formula is C22H16N2O3. The predicted molar refractivity (Wildman–Crippen MR) is 106 cm³/mol. The molecule has 0 bridgehead atoms. The highest BCUT2D eigenvalue weighted by Crippen LogP contribution is 2.32. The van der Waals surface area contributed by atoms with E-state index in [1.165, 1.54) is 0 Å². The third-order valence-corrected chi connectivity index (χ3v) is 5.14. The summed E-state index contributed by atoms with van der Waals surface area (Å²) in [6, 6.07) is 16.7. The number of pyridine rings is 1. The van der Waals surface area contributed by atoms with Crippen molar-refractivity contribution in [3.63, 3.8) is 0 Å². The molecule has 1 N–H and O–H groups in total. The summed E-state index contributed by atoms with van der Waals surface area (Å²) in [7, 11) is 0. The molecule has 0 atom stereocenters. The molecule has 0 aliphatic carbocycles. The average molecular weight is 356 g/mol. The molecule has 0 amide bonds. The number of para-hydroxylation sites is 2. The molecule has 2 aromatic heterocycles. The first kappa shape index (κ1) is 15.9. The van der Waals surface area contributed by atoms with E-state index in [4.69, 9.17) is 5.11 Å². The molecule has 0 saturated heterocycles. The fourth-order valence-corrected chi connectivity index (χ4v) is 3.92. The van der Waals surface area contributed by atoms with E-state index in [9.17, 15) is 9.59 Å². The number of carbonyl (C=O) groups excluding carboxylic acids is 1. The maximum atomic E-state index is 13.2. The summed E-state index contributed by atoms with van der Waals surface area (Å²) < 4.78 is 1.65. The van der Waals surface area contributed by atoms with Gasteiger partial charge in [-0.15, -0.1) is 0 Å². The summed E-state index contributed by atoms with van der Waals surface area (Å²) in [6.07, 6.45) is 0.706. The molecule has 0 spiro atoms. The first-order valence-electron chi connectivity index (χ1n) is 8.93. The Morgan fingerprint density at radius 2 is 1.78 bits per heavy atom. The zero-order valence-electron chi connectivity index (χ0n) is 14.5. The van der Waals surface area contributed by atoms with E-state index < -0.39 is 0 Å². The van der Waals surface area contributed by atoms with Crippen LogP contribution in [0.1, 0.15) is 23.2 Å². The molecule has 0 unspecified atom stereocenters. The highest BCUT2D eigenvalue weighted by atomic mass is 16.3. The Morgan fingerprint density at radius 1 is 0.963 bits per heavy atom. The Kier molecular flexibility index (Phi) is 3.45. The van der Waals surface area contributed by atoms with Crippen molar-refractivity contribution in [3.05, 3.63) is 70.5 Å². The van der Waals surface area contributed by atoms with Crippen LogP contribution in [0.3, 0.4) is 0 Å². The van der Waals surface area contributed by atoms with Crippen LogP contribution in [0.5, 0.6) is 0 Å². The zero-order valence-corrected chi connectivity index (χ0v) is 14.5. The molecule has 0 aliphatic rings. The second kappa shape index (κ2) is 5.86. The molecule has 5 heteroatoms. The van der Waals surface area contributed by atoms with Crippen molar-refractivity contribution in [1.82, 2.24) is 9.38 Å². The van der Waals surface area contributed by atoms with E-state index in [2.05, 4.69) is 4.98 Å². The SMILES string of the molecule is O=C(CCCO)c1ccc2c3c1cccc3c(=O)n1c3ccccc3nc21. The lowest BCUT2D eigenvalue weighted by Crippen LogP contribution is -2.13. The minimum atomic E-state index is -0.128. The second-order valence-electron chi connectivity index (χ2n) is 6.70. The first-order chi connectivity index (χ1) is 13.2. The summed E-state index contributed by atoms with van der Waals surface area (Å²) in [6.45, 7) is -0.0183. The van der Waals surface area contributed by atoms with Crippen molar-refractivity contribution in [2.75, 3.05) is 6.61 Å². The summed E-state index contributed by atoms with van der Waals surface area (Å²) >= 11 is 0. The van der Waals surface area contributed by atoms with Gasteiger partial charge in [0.25, 0.3) is 5.56 Å². The molecule has 0 fully saturated rings. The number of rotatable bonds is 4. The standard InChI is InChI=1S/C22H16N2O3/c25-12-4-9-19(26)13-10-11-15-20-14(13)5-3-6-16(20)22(27)24-18-8-2-1-7-17(18)23-21(15)24/h1-3,5-8,10-11,25H,4,9,12H2. The molecule has 27 heavy (non-hydrogen) atoms. The molecule has 132 valence electrons. The van der Waals surface area contributed by atoms with Crippen LogP contribution in [0.15, 0.2) is 59.4 Å². The fraction of sp³-hybridized carbons (Fsp3) is 0.136. The summed E-state index contributed by atoms with van der Waals surface area (Å²) in [4.78, 5) is 30.5. The van der Waals surface area contributed by atoms with Crippen LogP contribution in [-0.4, -0.2) is 26.9 Å². The quantitative estimate of drug-likeness (QED) is 0.500. The summed E-state index contributed by atoms with van der Waals surface area (Å²) in [5.74, 6) is -0.0284. The largest absolute Gasteiger partial charge is 0.396 e. The van der Waals surface area contributed by atoms with Crippen molar-refractivity contribution < 1.29 is 9.90 Å². The number of fused-ring (bicyclic) bond motifs is 4. The fourth-order valence-electron chi connectivity index (χ4n) is 3.92. The molecule has 3 aromatic carbocycles. The highest BCUT2D eigenvalue weighted by Gasteiger charge is 2.19. The first-order valence-corrected chi connectivity index (χ1v) is 8.93. The van der Waals surface area contributed by atoms with Crippen molar-refractivity contribution >= 4 is 44.0 Å². The van der Waals surface area contributed by atoms with Crippen LogP contribution in [0.25, 0.3) is 38.2 Å². The Bertz CT molecular complexity index is 1400. The molecule has 5 nitrogen and oxygen atoms in total. The Morgan fingerprint density at radius 3 is 2.63 bits per heavy atom. The topological polar surface area (TPSA) is 71.7 Å². The average Bonchev–Trinajstić information content (AvgIpc) is 3.09. The van der Waals surface area contributed by atoms with E-state index in [-0.39, 0.29) is 24.4 Å². The molecule has 5 aromatic rings. The van der Waals surface area contributed by atoms with E-state index in [1.54, 1.807) is 16.5 Å². The molecule has 2 heterocycles. The van der Waals surface area contributed by atoms with Crippen LogP contribution in [0.2, 0.25) is 0 Å². The van der Waals surface area contributed by atoms with Crippen molar-refractivity contribution in [2.45, 2.75) is 12.8 Å². The smallest absolute Gasteiger partial charge is 0.264 e. The number of hydrogen-bond donors (Lipinski definition) is 1. The Hall–Kier alpha value is -3.31. The van der Waals surface area contributed by atoms with Gasteiger partial charge in [0.15, 0.2) is 5.78 Å². The van der Waals surface area contributed by atoms with E-state index in [1.807, 2.05) is 42.5 Å². The lowest BCUT2D eigenvalue weighted by molar-refractivity contribution is 0.0973. The maximum absolute atomic E-state index is 13.2. The summed E-state index contributed by atoms with van der Waals surface area (Å²) in [5.41, 5.74) is 2.62. The van der Waals surface area contributed by atoms with Gasteiger partial charge in [0.1, 0.15) is 5.65 Å². The number of imidazole rings is 1. The number of carbonyl (C=O) groups is 1. The maximum Gasteiger partial charge on any atom is 0.264 e. The number of ketones is 1. The van der Waals surface area contributed by atoms with Gasteiger partial charge in [-0.1, -0.05) is 30.3 Å². The Balaban J connectivity index is 1.94. The molecular weight excluding hydrogens is 340 g/mol. The number of benzene rings is 3. The minimum Gasteiger partial charge on any atom is -0.396 e. The van der Waals surface area contributed by atoms with E-state index in [0.29, 0.717) is 23.0 Å². The van der Waals surface area contributed by atoms with Crippen LogP contribution in [-0.2, 0) is 0 Å². The minimum absolute atomic E-state index is 0.0183. The van der Waals surface area contributed by atoms with Gasteiger partial charge < -0.3 is 5.11 Å². The van der Waals surface area contributed by atoms with Crippen LogP contribution in [0.4, 0.5) is 0 Å². The highest BCUT2D eigenvalue weighted by molar-refractivity contribution is 6.21. The van der Waals surface area contributed by atoms with Gasteiger partial charge in [-0.2, -0.15) is 0 Å². The second-order valence-corrected chi connectivity index (χ2v) is 6.70. The molecule has 5 rings (SSSR count). The van der Waals surface area contributed by atoms with Crippen LogP contribution >= 0.6 is 0 Å². The number of aliphatic hydroxyl groups is 1. The molecule has 0 aliphatic heterocycles. The Labute approximate surface area is 153 Å². The molecule has 0 saturated carbocycles. The van der Waals surface area contributed by atoms with Gasteiger partial charge in [0.2, 0.25) is 0 Å². The number of aromatic nitrogens is 2. The van der Waals surface area contributed by atoms with Gasteiger partial charge in [-0.25, -0.2) is 4.98 Å². The van der Waals surface area contributed by atoms with Gasteiger partial charge in [-0.05, 0) is 36.1 Å². The number of hydrogen-bond acceptors (Lipinski definition) is 4.